The zero-order chi connectivity index (χ0) is 37.5. The second-order valence-corrected chi connectivity index (χ2v) is 14.2. The van der Waals surface area contributed by atoms with E-state index in [0.717, 1.165) is 54.3 Å². The Hall–Kier alpha value is -4.57. The van der Waals surface area contributed by atoms with Gasteiger partial charge < -0.3 is 38.6 Å². The molecule has 2 fully saturated rings. The summed E-state index contributed by atoms with van der Waals surface area (Å²) in [6.07, 6.45) is 1.30. The molecular formula is C44H56N2O7. The van der Waals surface area contributed by atoms with Crippen LogP contribution in [-0.2, 0) is 20.8 Å². The molecule has 3 atom stereocenters. The van der Waals surface area contributed by atoms with E-state index in [9.17, 15) is 4.79 Å². The van der Waals surface area contributed by atoms with Crippen LogP contribution in [0.4, 0.5) is 4.79 Å². The summed E-state index contributed by atoms with van der Waals surface area (Å²) in [5.74, 6) is 2.92. The second-order valence-electron chi connectivity index (χ2n) is 14.2. The highest BCUT2D eigenvalue weighted by molar-refractivity contribution is 5.68. The van der Waals surface area contributed by atoms with Gasteiger partial charge in [-0.05, 0) is 83.0 Å². The van der Waals surface area contributed by atoms with Crippen LogP contribution in [0.2, 0.25) is 0 Å². The topological polar surface area (TPSA) is 87.7 Å². The molecule has 0 radical (unpaired) electrons. The summed E-state index contributed by atoms with van der Waals surface area (Å²) in [6.45, 7) is 12.1. The molecule has 0 aromatic heterocycles. The van der Waals surface area contributed by atoms with Crippen molar-refractivity contribution in [2.45, 2.75) is 71.1 Å². The highest BCUT2D eigenvalue weighted by atomic mass is 16.6. The Morgan fingerprint density at radius 3 is 1.98 bits per heavy atom. The molecule has 2 aliphatic heterocycles. The van der Waals surface area contributed by atoms with Crippen molar-refractivity contribution < 1.29 is 33.2 Å². The molecule has 1 amide bonds. The molecule has 0 spiro atoms. The lowest BCUT2D eigenvalue weighted by Crippen LogP contribution is -2.50. The Kier molecular flexibility index (Phi) is 15.0. The van der Waals surface area contributed by atoms with E-state index >= 15 is 0 Å². The number of nitrogens with zero attached hydrogens (tertiary/aromatic N) is 1. The predicted octanol–water partition coefficient (Wildman–Crippen LogP) is 8.79. The first kappa shape index (κ1) is 39.6. The summed E-state index contributed by atoms with van der Waals surface area (Å²) in [6, 6.07) is 36.3. The minimum atomic E-state index is -0.542. The lowest BCUT2D eigenvalue weighted by atomic mass is 9.88. The van der Waals surface area contributed by atoms with Crippen molar-refractivity contribution >= 4 is 6.09 Å². The van der Waals surface area contributed by atoms with Crippen LogP contribution in [0.25, 0.3) is 0 Å². The Bertz CT molecular complexity index is 1660. The molecular weight excluding hydrogens is 668 g/mol. The number of rotatable bonds is 12. The number of nitrogens with one attached hydrogen (secondary N) is 1. The first-order valence-corrected chi connectivity index (χ1v) is 18.8. The van der Waals surface area contributed by atoms with Crippen molar-refractivity contribution in [1.29, 1.82) is 0 Å². The van der Waals surface area contributed by atoms with Gasteiger partial charge in [0, 0.05) is 25.1 Å². The average Bonchev–Trinajstić information content (AvgIpc) is 3.18. The van der Waals surface area contributed by atoms with Gasteiger partial charge in [0.1, 0.15) is 23.6 Å². The second kappa shape index (κ2) is 20.0. The summed E-state index contributed by atoms with van der Waals surface area (Å²) in [7, 11) is 1.66. The number of carbonyl (C=O) groups excluding carboxylic acids is 1. The van der Waals surface area contributed by atoms with Crippen LogP contribution in [0.1, 0.15) is 69.4 Å². The lowest BCUT2D eigenvalue weighted by molar-refractivity contribution is -0.0840. The molecule has 53 heavy (non-hydrogen) atoms. The number of para-hydroxylation sites is 3. The molecule has 0 aliphatic carbocycles. The Labute approximate surface area is 315 Å². The summed E-state index contributed by atoms with van der Waals surface area (Å²) in [5.41, 5.74) is 2.64. The Morgan fingerprint density at radius 1 is 0.792 bits per heavy atom. The van der Waals surface area contributed by atoms with Crippen LogP contribution in [0.15, 0.2) is 109 Å². The van der Waals surface area contributed by atoms with E-state index in [1.54, 1.807) is 12.0 Å². The van der Waals surface area contributed by atoms with Crippen molar-refractivity contribution in [1.82, 2.24) is 10.2 Å². The molecule has 6 rings (SSSR count). The first-order valence-electron chi connectivity index (χ1n) is 18.8. The van der Waals surface area contributed by atoms with E-state index in [1.807, 2.05) is 107 Å². The SMILES string of the molecule is CCOc1ccccc1OC(c1ccccc1)C1CCNCC1.COCc1ccccc1OC(c1ccccc1)C1CN(C(=O)OC(C)(C)C)CCO1. The molecule has 284 valence electrons. The molecule has 0 saturated carbocycles. The third-order valence-electron chi connectivity index (χ3n) is 9.08. The average molecular weight is 725 g/mol. The maximum Gasteiger partial charge on any atom is 0.410 e. The number of amides is 1. The standard InChI is InChI=1S/C24H31NO5.C20H25NO2/c1-24(2,3)30-23(26)25-14-15-28-21(16-25)22(18-10-6-5-7-11-18)29-20-13-9-8-12-19(20)17-27-4;1-2-22-18-10-6-7-11-19(18)23-20(16-8-4-3-5-9-16)17-12-14-21-15-13-17/h5-13,21-22H,14-17H2,1-4H3;3-11,17,20-21H,2,12-15H2,1H3. The largest absolute Gasteiger partial charge is 0.490 e. The quantitative estimate of drug-likeness (QED) is 0.155. The van der Waals surface area contributed by atoms with E-state index in [1.165, 1.54) is 5.56 Å². The molecule has 2 saturated heterocycles. The smallest absolute Gasteiger partial charge is 0.410 e. The number of carbonyl (C=O) groups is 1. The predicted molar refractivity (Wildman–Crippen MR) is 208 cm³/mol. The number of benzene rings is 4. The zero-order valence-electron chi connectivity index (χ0n) is 31.9. The molecule has 1 N–H and O–H groups in total. The van der Waals surface area contributed by atoms with Crippen molar-refractivity contribution in [3.63, 3.8) is 0 Å². The highest BCUT2D eigenvalue weighted by Crippen LogP contribution is 2.37. The van der Waals surface area contributed by atoms with Crippen LogP contribution >= 0.6 is 0 Å². The fraction of sp³-hybridized carbons (Fsp3) is 0.432. The van der Waals surface area contributed by atoms with Gasteiger partial charge in [-0.15, -0.1) is 0 Å². The Morgan fingerprint density at radius 2 is 1.36 bits per heavy atom. The summed E-state index contributed by atoms with van der Waals surface area (Å²) < 4.78 is 35.6. The van der Waals surface area contributed by atoms with Crippen molar-refractivity contribution in [2.75, 3.05) is 46.5 Å². The molecule has 4 aromatic carbocycles. The molecule has 0 bridgehead atoms. The molecule has 9 heteroatoms. The van der Waals surface area contributed by atoms with E-state index in [2.05, 4.69) is 35.6 Å². The number of piperidine rings is 1. The van der Waals surface area contributed by atoms with Crippen molar-refractivity contribution in [2.24, 2.45) is 5.92 Å². The fourth-order valence-corrected chi connectivity index (χ4v) is 6.57. The number of morpholine rings is 1. The highest BCUT2D eigenvalue weighted by Gasteiger charge is 2.35. The Balaban J connectivity index is 0.000000211. The molecule has 3 unspecified atom stereocenters. The van der Waals surface area contributed by atoms with Crippen molar-refractivity contribution in [3.8, 4) is 17.2 Å². The van der Waals surface area contributed by atoms with Gasteiger partial charge in [0.25, 0.3) is 0 Å². The summed E-state index contributed by atoms with van der Waals surface area (Å²) in [5, 5.41) is 3.44. The number of methoxy groups -OCH3 is 1. The lowest BCUT2D eigenvalue weighted by Gasteiger charge is -2.37. The minimum absolute atomic E-state index is 0.0694. The van der Waals surface area contributed by atoms with Crippen molar-refractivity contribution in [3.05, 3.63) is 126 Å². The summed E-state index contributed by atoms with van der Waals surface area (Å²) in [4.78, 5) is 14.3. The monoisotopic (exact) mass is 724 g/mol. The van der Waals surface area contributed by atoms with Crippen LogP contribution in [-0.4, -0.2) is 69.2 Å². The molecule has 2 heterocycles. The number of hydrogen-bond donors (Lipinski definition) is 1. The van der Waals surface area contributed by atoms with E-state index in [4.69, 9.17) is 28.4 Å². The van der Waals surface area contributed by atoms with Gasteiger partial charge >= 0.3 is 6.09 Å². The van der Waals surface area contributed by atoms with Gasteiger partial charge in [0.15, 0.2) is 17.6 Å². The van der Waals surface area contributed by atoms with Gasteiger partial charge in [-0.25, -0.2) is 4.79 Å². The van der Waals surface area contributed by atoms with Gasteiger partial charge in [-0.3, -0.25) is 0 Å². The third-order valence-corrected chi connectivity index (χ3v) is 9.08. The van der Waals surface area contributed by atoms with E-state index in [0.29, 0.717) is 38.8 Å². The zero-order valence-corrected chi connectivity index (χ0v) is 31.9. The normalized spacial score (nSPS) is 17.5. The van der Waals surface area contributed by atoms with Gasteiger partial charge in [0.2, 0.25) is 0 Å². The summed E-state index contributed by atoms with van der Waals surface area (Å²) >= 11 is 0. The third kappa shape index (κ3) is 12.0. The van der Waals surface area contributed by atoms with Crippen LogP contribution in [0.5, 0.6) is 17.2 Å². The van der Waals surface area contributed by atoms with Gasteiger partial charge in [-0.1, -0.05) is 91.0 Å². The molecule has 4 aromatic rings. The van der Waals surface area contributed by atoms with Gasteiger partial charge in [-0.2, -0.15) is 0 Å². The van der Waals surface area contributed by atoms with Crippen LogP contribution < -0.4 is 19.5 Å². The number of ether oxygens (including phenoxy) is 6. The first-order chi connectivity index (χ1) is 25.8. The maximum absolute atomic E-state index is 12.6. The van der Waals surface area contributed by atoms with Gasteiger partial charge in [0.05, 0.1) is 26.4 Å². The number of hydrogen-bond acceptors (Lipinski definition) is 8. The maximum atomic E-state index is 12.6. The van der Waals surface area contributed by atoms with E-state index in [-0.39, 0.29) is 24.4 Å². The van der Waals surface area contributed by atoms with E-state index < -0.39 is 5.60 Å². The van der Waals surface area contributed by atoms with Crippen LogP contribution in [0.3, 0.4) is 0 Å². The fourth-order valence-electron chi connectivity index (χ4n) is 6.57. The molecule has 9 nitrogen and oxygen atoms in total. The molecule has 2 aliphatic rings. The van der Waals surface area contributed by atoms with Crippen LogP contribution in [0, 0.1) is 5.92 Å². The minimum Gasteiger partial charge on any atom is -0.490 e.